The van der Waals surface area contributed by atoms with Gasteiger partial charge in [0.2, 0.25) is 0 Å². The lowest BCUT2D eigenvalue weighted by atomic mass is 10.1. The monoisotopic (exact) mass is 306 g/mol. The van der Waals surface area contributed by atoms with Crippen LogP contribution in [0.3, 0.4) is 0 Å². The van der Waals surface area contributed by atoms with Gasteiger partial charge in [0.15, 0.2) is 11.5 Å². The molecule has 0 amide bonds. The van der Waals surface area contributed by atoms with E-state index >= 15 is 0 Å². The zero-order valence-corrected chi connectivity index (χ0v) is 13.6. The topological polar surface area (TPSA) is 34.2 Å². The fraction of sp³-hybridized carbons (Fsp3) is 0.647. The van der Waals surface area contributed by atoms with Crippen molar-refractivity contribution in [1.29, 1.82) is 0 Å². The Balaban J connectivity index is 1.57. The molecule has 2 heterocycles. The van der Waals surface area contributed by atoms with Crippen LogP contribution in [0, 0.1) is 0 Å². The quantitative estimate of drug-likeness (QED) is 0.826. The lowest BCUT2D eigenvalue weighted by Gasteiger charge is -2.32. The molecule has 0 bridgehead atoms. The van der Waals surface area contributed by atoms with Gasteiger partial charge in [-0.15, -0.1) is 0 Å². The van der Waals surface area contributed by atoms with E-state index in [1.54, 1.807) is 7.11 Å². The van der Waals surface area contributed by atoms with Crippen LogP contribution in [0.1, 0.15) is 12.0 Å². The van der Waals surface area contributed by atoms with Gasteiger partial charge in [-0.05, 0) is 38.1 Å². The number of likely N-dealkylation sites (N-methyl/N-ethyl adjacent to an activating group) is 1. The van der Waals surface area contributed by atoms with Crippen molar-refractivity contribution < 1.29 is 14.2 Å². The van der Waals surface area contributed by atoms with E-state index in [4.69, 9.17) is 14.2 Å². The molecule has 1 fully saturated rings. The smallest absolute Gasteiger partial charge is 0.165 e. The van der Waals surface area contributed by atoms with Gasteiger partial charge >= 0.3 is 0 Å². The van der Waals surface area contributed by atoms with Crippen molar-refractivity contribution in [3.8, 4) is 17.2 Å². The maximum atomic E-state index is 5.68. The number of rotatable bonds is 5. The molecule has 0 aliphatic carbocycles. The van der Waals surface area contributed by atoms with Crippen molar-refractivity contribution >= 4 is 0 Å². The van der Waals surface area contributed by atoms with E-state index in [1.165, 1.54) is 31.7 Å². The summed E-state index contributed by atoms with van der Waals surface area (Å²) >= 11 is 0. The Morgan fingerprint density at radius 3 is 2.41 bits per heavy atom. The number of fused-ring (bicyclic) bond motifs is 1. The molecule has 3 rings (SSSR count). The van der Waals surface area contributed by atoms with Crippen LogP contribution in [0.4, 0.5) is 0 Å². The third-order valence-electron chi connectivity index (χ3n) is 4.46. The van der Waals surface area contributed by atoms with Crippen molar-refractivity contribution in [1.82, 2.24) is 9.80 Å². The first-order valence-electron chi connectivity index (χ1n) is 8.13. The van der Waals surface area contributed by atoms with Crippen LogP contribution < -0.4 is 14.2 Å². The summed E-state index contributed by atoms with van der Waals surface area (Å²) in [6.07, 6.45) is 2.14. The number of benzene rings is 1. The van der Waals surface area contributed by atoms with Crippen LogP contribution in [0.15, 0.2) is 12.1 Å². The molecular weight excluding hydrogens is 280 g/mol. The third-order valence-corrected chi connectivity index (χ3v) is 4.46. The SMILES string of the molecule is COc1cc2c(cc1CCCN1CCN(C)CC1)OCCO2. The van der Waals surface area contributed by atoms with E-state index in [0.717, 1.165) is 36.6 Å². The van der Waals surface area contributed by atoms with E-state index in [9.17, 15) is 0 Å². The lowest BCUT2D eigenvalue weighted by Crippen LogP contribution is -2.44. The molecule has 122 valence electrons. The Labute approximate surface area is 132 Å². The summed E-state index contributed by atoms with van der Waals surface area (Å²) in [6, 6.07) is 4.04. The zero-order valence-electron chi connectivity index (χ0n) is 13.6. The lowest BCUT2D eigenvalue weighted by molar-refractivity contribution is 0.153. The molecule has 5 heteroatoms. The van der Waals surface area contributed by atoms with Gasteiger partial charge < -0.3 is 24.0 Å². The van der Waals surface area contributed by atoms with Gasteiger partial charge in [0.25, 0.3) is 0 Å². The van der Waals surface area contributed by atoms with Gasteiger partial charge in [0.05, 0.1) is 7.11 Å². The molecule has 1 aromatic rings. The van der Waals surface area contributed by atoms with E-state index in [0.29, 0.717) is 13.2 Å². The molecule has 0 spiro atoms. The first kappa shape index (κ1) is 15.4. The predicted octanol–water partition coefficient (Wildman–Crippen LogP) is 1.65. The standard InChI is InChI=1S/C17H26N2O3/c1-18-6-8-19(9-7-18)5-3-4-14-12-16-17(13-15(14)20-2)22-11-10-21-16/h12-13H,3-11H2,1-2H3. The highest BCUT2D eigenvalue weighted by Gasteiger charge is 2.17. The Bertz CT molecular complexity index is 499. The number of methoxy groups -OCH3 is 1. The van der Waals surface area contributed by atoms with Crippen LogP contribution in [-0.4, -0.2) is 69.9 Å². The number of ether oxygens (including phenoxy) is 3. The third kappa shape index (κ3) is 3.65. The molecular formula is C17H26N2O3. The van der Waals surface area contributed by atoms with Crippen LogP contribution in [0.5, 0.6) is 17.2 Å². The van der Waals surface area contributed by atoms with Crippen molar-refractivity contribution in [2.75, 3.05) is 60.1 Å². The highest BCUT2D eigenvalue weighted by molar-refractivity contribution is 5.51. The van der Waals surface area contributed by atoms with Gasteiger partial charge in [0.1, 0.15) is 19.0 Å². The molecule has 1 aromatic carbocycles. The van der Waals surface area contributed by atoms with Gasteiger partial charge in [-0.3, -0.25) is 0 Å². The molecule has 0 radical (unpaired) electrons. The average molecular weight is 306 g/mol. The summed E-state index contributed by atoms with van der Waals surface area (Å²) < 4.78 is 16.8. The van der Waals surface area contributed by atoms with Crippen LogP contribution in [-0.2, 0) is 6.42 Å². The predicted molar refractivity (Wildman–Crippen MR) is 86.2 cm³/mol. The first-order valence-corrected chi connectivity index (χ1v) is 8.13. The molecule has 0 aromatic heterocycles. The van der Waals surface area contributed by atoms with Crippen molar-refractivity contribution in [2.24, 2.45) is 0 Å². The normalized spacial score (nSPS) is 19.2. The van der Waals surface area contributed by atoms with Gasteiger partial charge in [-0.25, -0.2) is 0 Å². The second kappa shape index (κ2) is 7.20. The second-order valence-corrected chi connectivity index (χ2v) is 6.06. The molecule has 0 atom stereocenters. The fourth-order valence-corrected chi connectivity index (χ4v) is 3.06. The van der Waals surface area contributed by atoms with E-state index in [1.807, 2.05) is 6.07 Å². The second-order valence-electron chi connectivity index (χ2n) is 6.06. The summed E-state index contributed by atoms with van der Waals surface area (Å²) in [5.74, 6) is 2.55. The summed E-state index contributed by atoms with van der Waals surface area (Å²) in [7, 11) is 3.91. The largest absolute Gasteiger partial charge is 0.496 e. The highest BCUT2D eigenvalue weighted by Crippen LogP contribution is 2.37. The van der Waals surface area contributed by atoms with Crippen LogP contribution in [0.25, 0.3) is 0 Å². The van der Waals surface area contributed by atoms with Gasteiger partial charge in [-0.2, -0.15) is 0 Å². The number of nitrogens with zero attached hydrogens (tertiary/aromatic N) is 2. The molecule has 2 aliphatic heterocycles. The first-order chi connectivity index (χ1) is 10.8. The van der Waals surface area contributed by atoms with Crippen molar-refractivity contribution in [3.05, 3.63) is 17.7 Å². The minimum Gasteiger partial charge on any atom is -0.496 e. The molecule has 2 aliphatic rings. The van der Waals surface area contributed by atoms with E-state index in [2.05, 4.69) is 22.9 Å². The Morgan fingerprint density at radius 2 is 1.73 bits per heavy atom. The number of hydrogen-bond acceptors (Lipinski definition) is 5. The maximum Gasteiger partial charge on any atom is 0.165 e. The van der Waals surface area contributed by atoms with Crippen LogP contribution in [0.2, 0.25) is 0 Å². The fourth-order valence-electron chi connectivity index (χ4n) is 3.06. The van der Waals surface area contributed by atoms with E-state index in [-0.39, 0.29) is 0 Å². The van der Waals surface area contributed by atoms with Gasteiger partial charge in [-0.1, -0.05) is 0 Å². The average Bonchev–Trinajstić information content (AvgIpc) is 2.56. The molecule has 1 saturated heterocycles. The summed E-state index contributed by atoms with van der Waals surface area (Å²) in [5, 5.41) is 0. The summed E-state index contributed by atoms with van der Waals surface area (Å²) in [4.78, 5) is 4.94. The molecule has 0 unspecified atom stereocenters. The number of hydrogen-bond donors (Lipinski definition) is 0. The minimum atomic E-state index is 0.610. The Hall–Kier alpha value is -1.46. The maximum absolute atomic E-state index is 5.68. The van der Waals surface area contributed by atoms with Crippen LogP contribution >= 0.6 is 0 Å². The summed E-state index contributed by atoms with van der Waals surface area (Å²) in [5.41, 5.74) is 1.21. The molecule has 5 nitrogen and oxygen atoms in total. The number of piperazine rings is 1. The highest BCUT2D eigenvalue weighted by atomic mass is 16.6. The number of aryl methyl sites for hydroxylation is 1. The molecule has 22 heavy (non-hydrogen) atoms. The Kier molecular flexibility index (Phi) is 5.05. The Morgan fingerprint density at radius 1 is 1.05 bits per heavy atom. The zero-order chi connectivity index (χ0) is 15.4. The van der Waals surface area contributed by atoms with Gasteiger partial charge in [0, 0.05) is 32.2 Å². The molecule has 0 N–H and O–H groups in total. The molecule has 0 saturated carbocycles. The van der Waals surface area contributed by atoms with Crippen molar-refractivity contribution in [2.45, 2.75) is 12.8 Å². The van der Waals surface area contributed by atoms with E-state index < -0.39 is 0 Å². The minimum absolute atomic E-state index is 0.610. The summed E-state index contributed by atoms with van der Waals surface area (Å²) in [6.45, 7) is 7.08. The van der Waals surface area contributed by atoms with Crippen molar-refractivity contribution in [3.63, 3.8) is 0 Å².